The summed E-state index contributed by atoms with van der Waals surface area (Å²) in [5, 5.41) is 2.88. The van der Waals surface area contributed by atoms with Gasteiger partial charge in [0.2, 0.25) is 0 Å². The van der Waals surface area contributed by atoms with Crippen LogP contribution in [0.3, 0.4) is 0 Å². The first-order valence-electron chi connectivity index (χ1n) is 9.88. The summed E-state index contributed by atoms with van der Waals surface area (Å²) in [7, 11) is 1.86. The summed E-state index contributed by atoms with van der Waals surface area (Å²) in [6, 6.07) is 10.8. The molecule has 0 unspecified atom stereocenters. The van der Waals surface area contributed by atoms with E-state index in [1.807, 2.05) is 31.3 Å². The van der Waals surface area contributed by atoms with Gasteiger partial charge in [-0.15, -0.1) is 0 Å². The van der Waals surface area contributed by atoms with E-state index in [1.54, 1.807) is 29.4 Å². The fourth-order valence-electron chi connectivity index (χ4n) is 3.35. The maximum Gasteiger partial charge on any atom is 0.253 e. The number of rotatable bonds is 7. The lowest BCUT2D eigenvalue weighted by atomic mass is 10.1. The first kappa shape index (κ1) is 20.0. The summed E-state index contributed by atoms with van der Waals surface area (Å²) in [5.74, 6) is -0.107. The van der Waals surface area contributed by atoms with Crippen molar-refractivity contribution < 1.29 is 9.59 Å². The number of benzene rings is 1. The van der Waals surface area contributed by atoms with Crippen LogP contribution < -0.4 is 5.32 Å². The number of hydrogen-bond acceptors (Lipinski definition) is 4. The lowest BCUT2D eigenvalue weighted by Gasteiger charge is -2.28. The topological polar surface area (TPSA) is 65.5 Å². The third-order valence-electron chi connectivity index (χ3n) is 5.14. The maximum absolute atomic E-state index is 12.6. The van der Waals surface area contributed by atoms with Gasteiger partial charge in [0, 0.05) is 50.2 Å². The van der Waals surface area contributed by atoms with Crippen molar-refractivity contribution in [2.45, 2.75) is 25.8 Å². The van der Waals surface area contributed by atoms with Crippen LogP contribution in [0, 0.1) is 0 Å². The van der Waals surface area contributed by atoms with E-state index in [-0.39, 0.29) is 11.8 Å². The van der Waals surface area contributed by atoms with Crippen molar-refractivity contribution in [3.05, 3.63) is 65.5 Å². The van der Waals surface area contributed by atoms with Crippen molar-refractivity contribution in [1.82, 2.24) is 20.1 Å². The number of amides is 2. The average molecular weight is 380 g/mol. The zero-order valence-corrected chi connectivity index (χ0v) is 16.4. The van der Waals surface area contributed by atoms with Gasteiger partial charge < -0.3 is 15.1 Å². The molecular formula is C22H28N4O2. The summed E-state index contributed by atoms with van der Waals surface area (Å²) < 4.78 is 0. The number of likely N-dealkylation sites (N-methyl/N-ethyl adjacent to an activating group) is 1. The van der Waals surface area contributed by atoms with Crippen LogP contribution in [-0.2, 0) is 6.54 Å². The van der Waals surface area contributed by atoms with Crippen LogP contribution in [0.25, 0.3) is 0 Å². The average Bonchev–Trinajstić information content (AvgIpc) is 2.77. The number of hydrogen-bond donors (Lipinski definition) is 1. The Morgan fingerprint density at radius 1 is 1.00 bits per heavy atom. The second-order valence-corrected chi connectivity index (χ2v) is 7.24. The fraction of sp³-hybridized carbons (Fsp3) is 0.409. The summed E-state index contributed by atoms with van der Waals surface area (Å²) in [5.41, 5.74) is 2.21. The van der Waals surface area contributed by atoms with E-state index >= 15 is 0 Å². The molecule has 0 radical (unpaired) electrons. The number of carbonyl (C=O) groups excluding carboxylic acids is 2. The van der Waals surface area contributed by atoms with Gasteiger partial charge in [0.05, 0.1) is 0 Å². The Labute approximate surface area is 166 Å². The highest BCUT2D eigenvalue weighted by atomic mass is 16.2. The largest absolute Gasteiger partial charge is 0.348 e. The van der Waals surface area contributed by atoms with Crippen LogP contribution in [0.1, 0.15) is 45.5 Å². The molecular weight excluding hydrogens is 352 g/mol. The van der Waals surface area contributed by atoms with E-state index in [0.717, 1.165) is 31.7 Å². The monoisotopic (exact) mass is 380 g/mol. The highest BCUT2D eigenvalue weighted by molar-refractivity contribution is 5.94. The first-order chi connectivity index (χ1) is 13.6. The van der Waals surface area contributed by atoms with Crippen LogP contribution in [0.15, 0.2) is 48.8 Å². The molecule has 0 aliphatic carbocycles. The van der Waals surface area contributed by atoms with Gasteiger partial charge in [-0.2, -0.15) is 0 Å². The first-order valence-corrected chi connectivity index (χ1v) is 9.88. The van der Waals surface area contributed by atoms with Crippen molar-refractivity contribution in [2.75, 3.05) is 33.2 Å². The Morgan fingerprint density at radius 3 is 2.36 bits per heavy atom. The normalized spacial score (nSPS) is 14.5. The number of carbonyl (C=O) groups is 2. The van der Waals surface area contributed by atoms with E-state index in [9.17, 15) is 9.59 Å². The Hall–Kier alpha value is -2.73. The van der Waals surface area contributed by atoms with Gasteiger partial charge >= 0.3 is 0 Å². The van der Waals surface area contributed by atoms with E-state index < -0.39 is 0 Å². The molecule has 1 aromatic heterocycles. The van der Waals surface area contributed by atoms with Gasteiger partial charge in [-0.3, -0.25) is 14.6 Å². The van der Waals surface area contributed by atoms with Crippen molar-refractivity contribution in [3.63, 3.8) is 0 Å². The minimum Gasteiger partial charge on any atom is -0.348 e. The molecule has 0 saturated carbocycles. The standard InChI is InChI=1S/C22H28N4O2/c1-25(15-16-26-13-3-2-4-14-26)22(28)20-7-5-18(6-8-20)17-24-21(27)19-9-11-23-12-10-19/h5-12H,2-4,13-17H2,1H3,(H,24,27). The van der Waals surface area contributed by atoms with Gasteiger partial charge in [-0.05, 0) is 55.8 Å². The molecule has 3 rings (SSSR count). The Balaban J connectivity index is 1.47. The SMILES string of the molecule is CN(CCN1CCCCC1)C(=O)c1ccc(CNC(=O)c2ccncc2)cc1. The molecule has 28 heavy (non-hydrogen) atoms. The highest BCUT2D eigenvalue weighted by Gasteiger charge is 2.15. The van der Waals surface area contributed by atoms with Crippen LogP contribution >= 0.6 is 0 Å². The molecule has 2 heterocycles. The number of pyridine rings is 1. The number of nitrogens with zero attached hydrogens (tertiary/aromatic N) is 3. The van der Waals surface area contributed by atoms with Crippen LogP contribution in [0.2, 0.25) is 0 Å². The smallest absolute Gasteiger partial charge is 0.253 e. The maximum atomic E-state index is 12.6. The third-order valence-corrected chi connectivity index (χ3v) is 5.14. The van der Waals surface area contributed by atoms with E-state index in [1.165, 1.54) is 19.3 Å². The van der Waals surface area contributed by atoms with Crippen molar-refractivity contribution >= 4 is 11.8 Å². The zero-order valence-electron chi connectivity index (χ0n) is 16.4. The van der Waals surface area contributed by atoms with Crippen LogP contribution in [-0.4, -0.2) is 59.8 Å². The molecule has 0 atom stereocenters. The van der Waals surface area contributed by atoms with Crippen molar-refractivity contribution in [2.24, 2.45) is 0 Å². The second kappa shape index (κ2) is 9.99. The summed E-state index contributed by atoms with van der Waals surface area (Å²) in [6.45, 7) is 4.37. The van der Waals surface area contributed by atoms with Crippen molar-refractivity contribution in [3.8, 4) is 0 Å². The van der Waals surface area contributed by atoms with Crippen LogP contribution in [0.4, 0.5) is 0 Å². The number of likely N-dealkylation sites (tertiary alicyclic amines) is 1. The van der Waals surface area contributed by atoms with Crippen molar-refractivity contribution in [1.29, 1.82) is 0 Å². The minimum atomic E-state index is -0.139. The number of nitrogens with one attached hydrogen (secondary N) is 1. The Morgan fingerprint density at radius 2 is 1.68 bits per heavy atom. The molecule has 6 heteroatoms. The van der Waals surface area contributed by atoms with Gasteiger partial charge in [-0.1, -0.05) is 18.6 Å². The molecule has 0 spiro atoms. The molecule has 0 bridgehead atoms. The fourth-order valence-corrected chi connectivity index (χ4v) is 3.35. The van der Waals surface area contributed by atoms with E-state index in [2.05, 4.69) is 15.2 Å². The summed E-state index contributed by atoms with van der Waals surface area (Å²) in [4.78, 5) is 32.8. The molecule has 1 aliphatic rings. The van der Waals surface area contributed by atoms with Gasteiger partial charge in [-0.25, -0.2) is 0 Å². The van der Waals surface area contributed by atoms with Gasteiger partial charge in [0.15, 0.2) is 0 Å². The summed E-state index contributed by atoms with van der Waals surface area (Å²) in [6.07, 6.45) is 7.03. The number of piperidine rings is 1. The highest BCUT2D eigenvalue weighted by Crippen LogP contribution is 2.10. The molecule has 1 aliphatic heterocycles. The predicted molar refractivity (Wildman–Crippen MR) is 109 cm³/mol. The molecule has 2 aromatic rings. The molecule has 1 fully saturated rings. The Bertz CT molecular complexity index is 771. The quantitative estimate of drug-likeness (QED) is 0.802. The third kappa shape index (κ3) is 5.63. The zero-order chi connectivity index (χ0) is 19.8. The summed E-state index contributed by atoms with van der Waals surface area (Å²) >= 11 is 0. The molecule has 2 amide bonds. The van der Waals surface area contributed by atoms with E-state index in [0.29, 0.717) is 17.7 Å². The molecule has 148 valence electrons. The van der Waals surface area contributed by atoms with E-state index in [4.69, 9.17) is 0 Å². The minimum absolute atomic E-state index is 0.0318. The van der Waals surface area contributed by atoms with Crippen LogP contribution in [0.5, 0.6) is 0 Å². The molecule has 1 N–H and O–H groups in total. The van der Waals surface area contributed by atoms with Gasteiger partial charge in [0.1, 0.15) is 0 Å². The number of aromatic nitrogens is 1. The second-order valence-electron chi connectivity index (χ2n) is 7.24. The molecule has 6 nitrogen and oxygen atoms in total. The lowest BCUT2D eigenvalue weighted by Crippen LogP contribution is -2.38. The van der Waals surface area contributed by atoms with Gasteiger partial charge in [0.25, 0.3) is 11.8 Å². The lowest BCUT2D eigenvalue weighted by molar-refractivity contribution is 0.0772. The Kier molecular flexibility index (Phi) is 7.14. The molecule has 1 saturated heterocycles. The predicted octanol–water partition coefficient (Wildman–Crippen LogP) is 2.57. The molecule has 1 aromatic carbocycles.